The van der Waals surface area contributed by atoms with Crippen molar-refractivity contribution in [3.63, 3.8) is 0 Å². The Bertz CT molecular complexity index is 1380. The molecule has 5 rings (SSSR count). The van der Waals surface area contributed by atoms with Crippen LogP contribution in [0.15, 0.2) is 79.3 Å². The molecule has 0 atom stereocenters. The zero-order valence-electron chi connectivity index (χ0n) is 21.3. The molecule has 8 nitrogen and oxygen atoms in total. The number of anilines is 3. The number of benzene rings is 2. The van der Waals surface area contributed by atoms with E-state index in [0.29, 0.717) is 22.9 Å². The van der Waals surface area contributed by atoms with E-state index >= 15 is 0 Å². The van der Waals surface area contributed by atoms with Crippen LogP contribution in [-0.2, 0) is 6.54 Å². The standard InChI is InChI=1S/C29H30FN7O/c1-36-14-3-15-37(17-16-36)20-21-5-7-22(8-6-21)28(38)34-27-18-24(9-10-25(27)30)33-29-32-13-11-26(35-29)23-4-2-12-31-19-23/h2,4-13,18-19H,3,14-17,20H2,1H3,(H,34,38)(H,32,33,35). The first-order chi connectivity index (χ1) is 18.5. The average Bonchev–Trinajstić information content (AvgIpc) is 3.15. The van der Waals surface area contributed by atoms with Crippen molar-refractivity contribution in [2.75, 3.05) is 43.9 Å². The molecule has 1 fully saturated rings. The summed E-state index contributed by atoms with van der Waals surface area (Å²) in [6, 6.07) is 17.4. The van der Waals surface area contributed by atoms with Gasteiger partial charge >= 0.3 is 0 Å². The lowest BCUT2D eigenvalue weighted by Crippen LogP contribution is -2.28. The van der Waals surface area contributed by atoms with Gasteiger partial charge in [-0.1, -0.05) is 12.1 Å². The van der Waals surface area contributed by atoms with Crippen molar-refractivity contribution in [1.29, 1.82) is 0 Å². The fourth-order valence-electron chi connectivity index (χ4n) is 4.39. The van der Waals surface area contributed by atoms with Crippen LogP contribution in [0.5, 0.6) is 0 Å². The summed E-state index contributed by atoms with van der Waals surface area (Å²) >= 11 is 0. The van der Waals surface area contributed by atoms with Crippen LogP contribution in [0.2, 0.25) is 0 Å². The minimum absolute atomic E-state index is 0.0705. The van der Waals surface area contributed by atoms with Crippen molar-refractivity contribution in [3.05, 3.63) is 96.2 Å². The van der Waals surface area contributed by atoms with Crippen LogP contribution >= 0.6 is 0 Å². The number of rotatable bonds is 7. The molecule has 9 heteroatoms. The number of pyridine rings is 1. The van der Waals surface area contributed by atoms with Gasteiger partial charge in [-0.05, 0) is 80.7 Å². The van der Waals surface area contributed by atoms with Gasteiger partial charge in [-0.2, -0.15) is 0 Å². The van der Waals surface area contributed by atoms with E-state index in [-0.39, 0.29) is 11.6 Å². The molecule has 0 bridgehead atoms. The van der Waals surface area contributed by atoms with Gasteiger partial charge in [0.1, 0.15) is 5.82 Å². The summed E-state index contributed by atoms with van der Waals surface area (Å²) in [5.74, 6) is -0.558. The highest BCUT2D eigenvalue weighted by molar-refractivity contribution is 6.04. The summed E-state index contributed by atoms with van der Waals surface area (Å²) < 4.78 is 14.6. The topological polar surface area (TPSA) is 86.3 Å². The van der Waals surface area contributed by atoms with Gasteiger partial charge in [0.25, 0.3) is 5.91 Å². The van der Waals surface area contributed by atoms with E-state index in [1.807, 2.05) is 24.3 Å². The Morgan fingerprint density at radius 1 is 1.00 bits per heavy atom. The molecular weight excluding hydrogens is 481 g/mol. The Kier molecular flexibility index (Phi) is 7.96. The van der Waals surface area contributed by atoms with Gasteiger partial charge in [-0.3, -0.25) is 14.7 Å². The summed E-state index contributed by atoms with van der Waals surface area (Å²) in [6.45, 7) is 5.12. The molecule has 0 unspecified atom stereocenters. The molecule has 0 aliphatic carbocycles. The smallest absolute Gasteiger partial charge is 0.255 e. The predicted molar refractivity (Wildman–Crippen MR) is 147 cm³/mol. The molecule has 0 spiro atoms. The highest BCUT2D eigenvalue weighted by Crippen LogP contribution is 2.24. The van der Waals surface area contributed by atoms with Crippen molar-refractivity contribution in [2.24, 2.45) is 0 Å². The molecule has 0 radical (unpaired) electrons. The summed E-state index contributed by atoms with van der Waals surface area (Å²) in [4.78, 5) is 30.5. The summed E-state index contributed by atoms with van der Waals surface area (Å²) in [6.07, 6.45) is 6.21. The monoisotopic (exact) mass is 511 g/mol. The van der Waals surface area contributed by atoms with Gasteiger partial charge in [0.2, 0.25) is 5.95 Å². The Hall–Kier alpha value is -4.21. The number of carbonyl (C=O) groups is 1. The van der Waals surface area contributed by atoms with Crippen molar-refractivity contribution in [2.45, 2.75) is 13.0 Å². The van der Waals surface area contributed by atoms with Crippen molar-refractivity contribution in [3.8, 4) is 11.3 Å². The van der Waals surface area contributed by atoms with E-state index in [1.54, 1.807) is 42.9 Å². The molecule has 38 heavy (non-hydrogen) atoms. The molecule has 194 valence electrons. The van der Waals surface area contributed by atoms with Gasteiger partial charge in [0, 0.05) is 55.0 Å². The maximum Gasteiger partial charge on any atom is 0.255 e. The zero-order valence-corrected chi connectivity index (χ0v) is 21.3. The third-order valence-corrected chi connectivity index (χ3v) is 6.52. The van der Waals surface area contributed by atoms with Crippen LogP contribution in [0.25, 0.3) is 11.3 Å². The van der Waals surface area contributed by atoms with Crippen LogP contribution < -0.4 is 10.6 Å². The molecule has 2 aromatic carbocycles. The van der Waals surface area contributed by atoms with Gasteiger partial charge in [-0.15, -0.1) is 0 Å². The quantitative estimate of drug-likeness (QED) is 0.368. The number of carbonyl (C=O) groups excluding carboxylic acids is 1. The van der Waals surface area contributed by atoms with E-state index < -0.39 is 5.82 Å². The summed E-state index contributed by atoms with van der Waals surface area (Å²) in [5.41, 5.74) is 3.80. The molecule has 1 aliphatic heterocycles. The molecule has 1 saturated heterocycles. The lowest BCUT2D eigenvalue weighted by atomic mass is 10.1. The number of likely N-dealkylation sites (N-methyl/N-ethyl adjacent to an activating group) is 1. The number of halogens is 1. The van der Waals surface area contributed by atoms with Crippen LogP contribution in [0.1, 0.15) is 22.3 Å². The minimum Gasteiger partial charge on any atom is -0.324 e. The highest BCUT2D eigenvalue weighted by atomic mass is 19.1. The highest BCUT2D eigenvalue weighted by Gasteiger charge is 2.14. The number of hydrogen-bond acceptors (Lipinski definition) is 7. The maximum absolute atomic E-state index is 14.6. The van der Waals surface area contributed by atoms with Crippen molar-refractivity contribution in [1.82, 2.24) is 24.8 Å². The second-order valence-electron chi connectivity index (χ2n) is 9.41. The fraction of sp³-hybridized carbons (Fsp3) is 0.241. The summed E-state index contributed by atoms with van der Waals surface area (Å²) in [5, 5.41) is 5.76. The second kappa shape index (κ2) is 11.9. The van der Waals surface area contributed by atoms with E-state index in [2.05, 4.69) is 42.4 Å². The number of nitrogens with one attached hydrogen (secondary N) is 2. The van der Waals surface area contributed by atoms with Gasteiger partial charge in [0.05, 0.1) is 11.4 Å². The fourth-order valence-corrected chi connectivity index (χ4v) is 4.39. The van der Waals surface area contributed by atoms with Crippen LogP contribution in [0.3, 0.4) is 0 Å². The normalized spacial score (nSPS) is 14.6. The first-order valence-corrected chi connectivity index (χ1v) is 12.6. The first kappa shape index (κ1) is 25.4. The number of hydrogen-bond donors (Lipinski definition) is 2. The average molecular weight is 512 g/mol. The van der Waals surface area contributed by atoms with Gasteiger partial charge in [-0.25, -0.2) is 14.4 Å². The molecule has 4 aromatic rings. The zero-order chi connectivity index (χ0) is 26.3. The lowest BCUT2D eigenvalue weighted by molar-refractivity contribution is 0.102. The first-order valence-electron chi connectivity index (χ1n) is 12.6. The van der Waals surface area contributed by atoms with E-state index in [0.717, 1.165) is 50.3 Å². The van der Waals surface area contributed by atoms with E-state index in [4.69, 9.17) is 0 Å². The van der Waals surface area contributed by atoms with Crippen LogP contribution in [0.4, 0.5) is 21.7 Å². The SMILES string of the molecule is CN1CCCN(Cc2ccc(C(=O)Nc3cc(Nc4nccc(-c5cccnc5)n4)ccc3F)cc2)CC1. The van der Waals surface area contributed by atoms with Crippen molar-refractivity contribution >= 4 is 23.2 Å². The third-order valence-electron chi connectivity index (χ3n) is 6.52. The molecular formula is C29H30FN7O. The van der Waals surface area contributed by atoms with Crippen LogP contribution in [0, 0.1) is 5.82 Å². The minimum atomic E-state index is -0.531. The molecule has 1 amide bonds. The van der Waals surface area contributed by atoms with Crippen LogP contribution in [-0.4, -0.2) is 63.9 Å². The molecule has 2 aromatic heterocycles. The molecule has 1 aliphatic rings. The third kappa shape index (κ3) is 6.56. The number of aromatic nitrogens is 3. The maximum atomic E-state index is 14.6. The predicted octanol–water partition coefficient (Wildman–Crippen LogP) is 4.81. The Labute approximate surface area is 221 Å². The van der Waals surface area contributed by atoms with Crippen molar-refractivity contribution < 1.29 is 9.18 Å². The molecule has 2 N–H and O–H groups in total. The van der Waals surface area contributed by atoms with E-state index in [1.165, 1.54) is 12.1 Å². The number of nitrogens with zero attached hydrogens (tertiary/aromatic N) is 5. The molecule has 0 saturated carbocycles. The summed E-state index contributed by atoms with van der Waals surface area (Å²) in [7, 11) is 2.15. The second-order valence-corrected chi connectivity index (χ2v) is 9.41. The Balaban J connectivity index is 1.23. The lowest BCUT2D eigenvalue weighted by Gasteiger charge is -2.20. The number of amides is 1. The Morgan fingerprint density at radius 2 is 1.87 bits per heavy atom. The largest absolute Gasteiger partial charge is 0.324 e. The Morgan fingerprint density at radius 3 is 2.68 bits per heavy atom. The van der Waals surface area contributed by atoms with Gasteiger partial charge < -0.3 is 15.5 Å². The van der Waals surface area contributed by atoms with Gasteiger partial charge in [0.15, 0.2) is 0 Å². The molecule has 3 heterocycles. The van der Waals surface area contributed by atoms with E-state index in [9.17, 15) is 9.18 Å².